The Balaban J connectivity index is 2.94. The van der Waals surface area contributed by atoms with Gasteiger partial charge in [-0.1, -0.05) is 37.0 Å². The van der Waals surface area contributed by atoms with Crippen LogP contribution in [0.15, 0.2) is 6.07 Å². The highest BCUT2D eigenvalue weighted by Gasteiger charge is 2.33. The SMILES string of the molecule is CC(C)C(C)(CC(=O)O)NC(=O)c1cc(Cl)sc1Cl. The van der Waals surface area contributed by atoms with Gasteiger partial charge in [-0.3, -0.25) is 9.59 Å². The van der Waals surface area contributed by atoms with E-state index < -0.39 is 17.4 Å². The highest BCUT2D eigenvalue weighted by atomic mass is 35.5. The fourth-order valence-corrected chi connectivity index (χ4v) is 2.99. The van der Waals surface area contributed by atoms with Crippen molar-refractivity contribution in [2.75, 3.05) is 0 Å². The van der Waals surface area contributed by atoms with Gasteiger partial charge in [0.05, 0.1) is 21.9 Å². The van der Waals surface area contributed by atoms with E-state index in [0.29, 0.717) is 8.67 Å². The van der Waals surface area contributed by atoms with Gasteiger partial charge < -0.3 is 10.4 Å². The topological polar surface area (TPSA) is 66.4 Å². The van der Waals surface area contributed by atoms with Gasteiger partial charge >= 0.3 is 5.97 Å². The van der Waals surface area contributed by atoms with Crippen molar-refractivity contribution in [3.05, 3.63) is 20.3 Å². The monoisotopic (exact) mass is 323 g/mol. The second-order valence-electron chi connectivity index (χ2n) is 4.83. The number of hydrogen-bond donors (Lipinski definition) is 2. The van der Waals surface area contributed by atoms with Gasteiger partial charge in [-0.15, -0.1) is 11.3 Å². The molecule has 0 bridgehead atoms. The lowest BCUT2D eigenvalue weighted by Gasteiger charge is -2.33. The zero-order chi connectivity index (χ0) is 14.8. The normalized spacial score (nSPS) is 14.2. The number of aliphatic carboxylic acids is 1. The molecule has 0 fully saturated rings. The number of hydrogen-bond acceptors (Lipinski definition) is 3. The molecule has 1 unspecified atom stereocenters. The van der Waals surface area contributed by atoms with E-state index in [2.05, 4.69) is 5.32 Å². The molecule has 0 radical (unpaired) electrons. The summed E-state index contributed by atoms with van der Waals surface area (Å²) in [4.78, 5) is 23.1. The zero-order valence-electron chi connectivity index (χ0n) is 10.8. The molecular weight excluding hydrogens is 309 g/mol. The third-order valence-electron chi connectivity index (χ3n) is 3.09. The third-order valence-corrected chi connectivity index (χ3v) is 4.58. The van der Waals surface area contributed by atoms with Gasteiger partial charge in [0.25, 0.3) is 5.91 Å². The second-order valence-corrected chi connectivity index (χ2v) is 7.12. The van der Waals surface area contributed by atoms with Crippen LogP contribution in [0, 0.1) is 5.92 Å². The summed E-state index contributed by atoms with van der Waals surface area (Å²) in [6.07, 6.45) is -0.161. The van der Waals surface area contributed by atoms with Crippen LogP contribution in [0.4, 0.5) is 0 Å². The Morgan fingerprint density at radius 1 is 1.47 bits per heavy atom. The number of carboxylic acids is 1. The molecule has 1 atom stereocenters. The van der Waals surface area contributed by atoms with Crippen LogP contribution < -0.4 is 5.32 Å². The van der Waals surface area contributed by atoms with Crippen molar-refractivity contribution >= 4 is 46.4 Å². The number of thiophene rings is 1. The minimum Gasteiger partial charge on any atom is -0.481 e. The average Bonchev–Trinajstić information content (AvgIpc) is 2.56. The lowest BCUT2D eigenvalue weighted by Crippen LogP contribution is -2.51. The first-order valence-corrected chi connectivity index (χ1v) is 7.22. The lowest BCUT2D eigenvalue weighted by atomic mass is 9.85. The van der Waals surface area contributed by atoms with Gasteiger partial charge in [0.15, 0.2) is 0 Å². The molecule has 1 aromatic rings. The first-order valence-electron chi connectivity index (χ1n) is 5.65. The number of halogens is 2. The maximum Gasteiger partial charge on any atom is 0.305 e. The predicted molar refractivity (Wildman–Crippen MR) is 77.3 cm³/mol. The molecular formula is C12H15Cl2NO3S. The van der Waals surface area contributed by atoms with Gasteiger partial charge in [0.2, 0.25) is 0 Å². The predicted octanol–water partition coefficient (Wildman–Crippen LogP) is 3.67. The first kappa shape index (κ1) is 16.3. The molecule has 0 aliphatic carbocycles. The summed E-state index contributed by atoms with van der Waals surface area (Å²) in [6, 6.07) is 1.48. The van der Waals surface area contributed by atoms with Gasteiger partial charge in [0.1, 0.15) is 4.34 Å². The molecule has 19 heavy (non-hydrogen) atoms. The molecule has 7 heteroatoms. The molecule has 2 N–H and O–H groups in total. The Kier molecular flexibility index (Phi) is 5.24. The number of carbonyl (C=O) groups is 2. The summed E-state index contributed by atoms with van der Waals surface area (Å²) in [5, 5.41) is 11.7. The van der Waals surface area contributed by atoms with E-state index in [1.54, 1.807) is 6.92 Å². The molecule has 4 nitrogen and oxygen atoms in total. The fraction of sp³-hybridized carbons (Fsp3) is 0.500. The van der Waals surface area contributed by atoms with Gasteiger partial charge in [-0.2, -0.15) is 0 Å². The van der Waals surface area contributed by atoms with Crippen molar-refractivity contribution in [2.24, 2.45) is 5.92 Å². The second kappa shape index (κ2) is 6.11. The largest absolute Gasteiger partial charge is 0.481 e. The van der Waals surface area contributed by atoms with Crippen molar-refractivity contribution in [2.45, 2.75) is 32.7 Å². The van der Waals surface area contributed by atoms with Crippen molar-refractivity contribution in [3.63, 3.8) is 0 Å². The average molecular weight is 324 g/mol. The number of nitrogens with one attached hydrogen (secondary N) is 1. The Bertz CT molecular complexity index is 501. The van der Waals surface area contributed by atoms with Crippen molar-refractivity contribution in [1.82, 2.24) is 5.32 Å². The summed E-state index contributed by atoms with van der Waals surface area (Å²) in [5.41, 5.74) is -0.574. The zero-order valence-corrected chi connectivity index (χ0v) is 13.1. The number of amides is 1. The van der Waals surface area contributed by atoms with E-state index in [1.165, 1.54) is 6.07 Å². The van der Waals surface area contributed by atoms with Crippen LogP contribution >= 0.6 is 34.5 Å². The first-order chi connectivity index (χ1) is 8.65. The van der Waals surface area contributed by atoms with Crippen molar-refractivity contribution in [3.8, 4) is 0 Å². The van der Waals surface area contributed by atoms with E-state index in [0.717, 1.165) is 11.3 Å². The molecule has 1 rings (SSSR count). The van der Waals surface area contributed by atoms with Crippen LogP contribution in [-0.2, 0) is 4.79 Å². The van der Waals surface area contributed by atoms with Gasteiger partial charge in [-0.25, -0.2) is 0 Å². The molecule has 0 saturated heterocycles. The Hall–Kier alpha value is -0.780. The summed E-state index contributed by atoms with van der Waals surface area (Å²) in [5.74, 6) is -1.42. The third kappa shape index (κ3) is 4.09. The maximum absolute atomic E-state index is 12.1. The molecule has 0 aliphatic heterocycles. The van der Waals surface area contributed by atoms with Crippen LogP contribution in [0.3, 0.4) is 0 Å². The smallest absolute Gasteiger partial charge is 0.305 e. The molecule has 1 heterocycles. The van der Waals surface area contributed by atoms with Crippen LogP contribution in [0.2, 0.25) is 8.67 Å². The Morgan fingerprint density at radius 3 is 2.42 bits per heavy atom. The fourth-order valence-electron chi connectivity index (χ4n) is 1.53. The van der Waals surface area contributed by atoms with Gasteiger partial charge in [0, 0.05) is 0 Å². The Morgan fingerprint density at radius 2 is 2.05 bits per heavy atom. The molecule has 0 aliphatic rings. The van der Waals surface area contributed by atoms with E-state index in [-0.39, 0.29) is 17.9 Å². The number of carbonyl (C=O) groups excluding carboxylic acids is 1. The maximum atomic E-state index is 12.1. The van der Waals surface area contributed by atoms with Crippen LogP contribution in [0.25, 0.3) is 0 Å². The summed E-state index contributed by atoms with van der Waals surface area (Å²) in [7, 11) is 0. The molecule has 106 valence electrons. The molecule has 0 aromatic carbocycles. The standard InChI is InChI=1S/C12H15Cl2NO3S/c1-6(2)12(3,5-9(16)17)15-11(18)7-4-8(13)19-10(7)14/h4,6H,5H2,1-3H3,(H,15,18)(H,16,17). The quantitative estimate of drug-likeness (QED) is 0.868. The molecule has 0 spiro atoms. The number of carboxylic acid groups (broad SMARTS) is 1. The van der Waals surface area contributed by atoms with E-state index in [1.807, 2.05) is 13.8 Å². The van der Waals surface area contributed by atoms with Crippen LogP contribution in [0.5, 0.6) is 0 Å². The summed E-state index contributed by atoms with van der Waals surface area (Å²) >= 11 is 12.8. The van der Waals surface area contributed by atoms with Crippen molar-refractivity contribution < 1.29 is 14.7 Å². The summed E-state index contributed by atoms with van der Waals surface area (Å²) in [6.45, 7) is 5.41. The minimum atomic E-state index is -0.967. The summed E-state index contributed by atoms with van der Waals surface area (Å²) < 4.78 is 0.712. The molecule has 1 aromatic heterocycles. The Labute approximate surface area is 125 Å². The molecule has 0 saturated carbocycles. The highest BCUT2D eigenvalue weighted by Crippen LogP contribution is 2.32. The highest BCUT2D eigenvalue weighted by molar-refractivity contribution is 7.20. The lowest BCUT2D eigenvalue weighted by molar-refractivity contribution is -0.138. The van der Waals surface area contributed by atoms with Crippen LogP contribution in [-0.4, -0.2) is 22.5 Å². The van der Waals surface area contributed by atoms with Crippen LogP contribution in [0.1, 0.15) is 37.6 Å². The minimum absolute atomic E-state index is 0.0413. The number of rotatable bonds is 5. The molecule has 1 amide bonds. The van der Waals surface area contributed by atoms with E-state index in [4.69, 9.17) is 28.3 Å². The van der Waals surface area contributed by atoms with Gasteiger partial charge in [-0.05, 0) is 18.9 Å². The van der Waals surface area contributed by atoms with E-state index in [9.17, 15) is 9.59 Å². The van der Waals surface area contributed by atoms with Crippen molar-refractivity contribution in [1.29, 1.82) is 0 Å². The van der Waals surface area contributed by atoms with E-state index >= 15 is 0 Å².